The van der Waals surface area contributed by atoms with Gasteiger partial charge in [0.25, 0.3) is 10.0 Å². The molecule has 0 saturated heterocycles. The first-order chi connectivity index (χ1) is 22.1. The molecule has 4 aromatic rings. The number of methoxy groups -OCH3 is 1. The van der Waals surface area contributed by atoms with Crippen LogP contribution in [0.25, 0.3) is 0 Å². The van der Waals surface area contributed by atoms with Crippen LogP contribution in [0.1, 0.15) is 36.5 Å². The average Bonchev–Trinajstić information content (AvgIpc) is 3.06. The standard InChI is InChI=1S/C36H40ClN3O5S/c1-4-5-23-38-36(42)34(24-28-11-7-6-8-12-28)39(25-29-13-9-10-14-33(29)37)35(41)26-40(30-17-19-31(45-3)20-18-30)46(43,44)32-21-15-27(2)16-22-32/h6-22,34H,4-5,23-26H2,1-3H3,(H,38,42)/t34-/m1/s1. The van der Waals surface area contributed by atoms with Crippen LogP contribution < -0.4 is 14.4 Å². The predicted octanol–water partition coefficient (Wildman–Crippen LogP) is 6.41. The Balaban J connectivity index is 1.80. The van der Waals surface area contributed by atoms with Crippen molar-refractivity contribution in [3.8, 4) is 5.75 Å². The number of nitrogens with zero attached hydrogens (tertiary/aromatic N) is 2. The molecule has 4 rings (SSSR count). The molecule has 46 heavy (non-hydrogen) atoms. The number of carbonyl (C=O) groups excluding carboxylic acids is 2. The Labute approximate surface area is 277 Å². The van der Waals surface area contributed by atoms with Gasteiger partial charge in [-0.15, -0.1) is 0 Å². The average molecular weight is 662 g/mol. The third-order valence-corrected chi connectivity index (χ3v) is 9.80. The van der Waals surface area contributed by atoms with E-state index in [1.807, 2.05) is 50.2 Å². The van der Waals surface area contributed by atoms with Gasteiger partial charge in [0.05, 0.1) is 17.7 Å². The van der Waals surface area contributed by atoms with Crippen molar-refractivity contribution in [1.29, 1.82) is 0 Å². The van der Waals surface area contributed by atoms with Crippen LogP contribution in [0.5, 0.6) is 5.75 Å². The Hall–Kier alpha value is -4.34. The van der Waals surface area contributed by atoms with Crippen LogP contribution in [-0.2, 0) is 32.6 Å². The van der Waals surface area contributed by atoms with Crippen molar-refractivity contribution < 1.29 is 22.7 Å². The van der Waals surface area contributed by atoms with Crippen LogP contribution in [0.3, 0.4) is 0 Å². The van der Waals surface area contributed by atoms with E-state index in [-0.39, 0.29) is 29.5 Å². The second-order valence-corrected chi connectivity index (χ2v) is 13.3. The molecular formula is C36H40ClN3O5S. The van der Waals surface area contributed by atoms with Gasteiger partial charge in [0, 0.05) is 24.5 Å². The van der Waals surface area contributed by atoms with Crippen LogP contribution in [0, 0.1) is 6.92 Å². The molecular weight excluding hydrogens is 622 g/mol. The third kappa shape index (κ3) is 8.89. The van der Waals surface area contributed by atoms with Crippen molar-refractivity contribution in [2.24, 2.45) is 0 Å². The number of ether oxygens (including phenoxy) is 1. The molecule has 0 bridgehead atoms. The van der Waals surface area contributed by atoms with Crippen LogP contribution in [-0.4, -0.2) is 51.4 Å². The van der Waals surface area contributed by atoms with Crippen molar-refractivity contribution in [2.45, 2.75) is 50.6 Å². The largest absolute Gasteiger partial charge is 0.497 e. The van der Waals surface area contributed by atoms with E-state index in [1.54, 1.807) is 54.6 Å². The topological polar surface area (TPSA) is 96.0 Å². The van der Waals surface area contributed by atoms with Crippen LogP contribution in [0.15, 0.2) is 108 Å². The molecule has 1 N–H and O–H groups in total. The van der Waals surface area contributed by atoms with Gasteiger partial charge in [-0.2, -0.15) is 0 Å². The Morgan fingerprint density at radius 3 is 2.17 bits per heavy atom. The zero-order valence-corrected chi connectivity index (χ0v) is 27.9. The summed E-state index contributed by atoms with van der Waals surface area (Å²) < 4.78 is 34.7. The maximum Gasteiger partial charge on any atom is 0.264 e. The maximum absolute atomic E-state index is 14.5. The smallest absolute Gasteiger partial charge is 0.264 e. The van der Waals surface area contributed by atoms with Gasteiger partial charge in [-0.1, -0.05) is 91.2 Å². The quantitative estimate of drug-likeness (QED) is 0.149. The Morgan fingerprint density at radius 2 is 1.54 bits per heavy atom. The van der Waals surface area contributed by atoms with Crippen molar-refractivity contribution in [1.82, 2.24) is 10.2 Å². The molecule has 0 spiro atoms. The lowest BCUT2D eigenvalue weighted by Crippen LogP contribution is -2.53. The van der Waals surface area contributed by atoms with Crippen molar-refractivity contribution >= 4 is 39.1 Å². The van der Waals surface area contributed by atoms with Crippen LogP contribution in [0.4, 0.5) is 5.69 Å². The number of carbonyl (C=O) groups is 2. The summed E-state index contributed by atoms with van der Waals surface area (Å²) in [5.41, 5.74) is 2.66. The number of unbranched alkanes of at least 4 members (excludes halogenated alkanes) is 1. The van der Waals surface area contributed by atoms with Crippen LogP contribution >= 0.6 is 11.6 Å². The number of benzene rings is 4. The fraction of sp³-hybridized carbons (Fsp3) is 0.278. The van der Waals surface area contributed by atoms with Gasteiger partial charge in [0.2, 0.25) is 11.8 Å². The molecule has 0 aliphatic heterocycles. The molecule has 0 unspecified atom stereocenters. The molecule has 10 heteroatoms. The highest BCUT2D eigenvalue weighted by molar-refractivity contribution is 7.92. The van der Waals surface area contributed by atoms with E-state index in [4.69, 9.17) is 16.3 Å². The number of hydrogen-bond acceptors (Lipinski definition) is 5. The second kappa shape index (κ2) is 16.3. The van der Waals surface area contributed by atoms with Crippen LogP contribution in [0.2, 0.25) is 5.02 Å². The highest BCUT2D eigenvalue weighted by Crippen LogP contribution is 2.28. The fourth-order valence-electron chi connectivity index (χ4n) is 4.98. The highest BCUT2D eigenvalue weighted by atomic mass is 35.5. The summed E-state index contributed by atoms with van der Waals surface area (Å²) >= 11 is 6.56. The van der Waals surface area contributed by atoms with Gasteiger partial charge in [-0.25, -0.2) is 8.42 Å². The molecule has 0 fully saturated rings. The molecule has 242 valence electrons. The highest BCUT2D eigenvalue weighted by Gasteiger charge is 2.35. The predicted molar refractivity (Wildman–Crippen MR) is 183 cm³/mol. The lowest BCUT2D eigenvalue weighted by Gasteiger charge is -2.34. The normalized spacial score (nSPS) is 11.8. The first-order valence-electron chi connectivity index (χ1n) is 15.2. The molecule has 0 saturated carbocycles. The van der Waals surface area contributed by atoms with Gasteiger partial charge in [0.1, 0.15) is 18.3 Å². The minimum absolute atomic E-state index is 0.00175. The Bertz CT molecular complexity index is 1700. The fourth-order valence-corrected chi connectivity index (χ4v) is 6.59. The lowest BCUT2D eigenvalue weighted by atomic mass is 10.0. The summed E-state index contributed by atoms with van der Waals surface area (Å²) in [7, 11) is -2.69. The molecule has 2 amide bonds. The number of hydrogen-bond donors (Lipinski definition) is 1. The number of anilines is 1. The summed E-state index contributed by atoms with van der Waals surface area (Å²) in [6.07, 6.45) is 1.89. The van der Waals surface area contributed by atoms with E-state index in [9.17, 15) is 18.0 Å². The molecule has 0 radical (unpaired) electrons. The first-order valence-corrected chi connectivity index (χ1v) is 17.0. The van der Waals surface area contributed by atoms with Gasteiger partial charge < -0.3 is 15.0 Å². The van der Waals surface area contributed by atoms with E-state index in [0.29, 0.717) is 22.9 Å². The molecule has 1 atom stereocenters. The SMILES string of the molecule is CCCCNC(=O)[C@@H](Cc1ccccc1)N(Cc1ccccc1Cl)C(=O)CN(c1ccc(OC)cc1)S(=O)(=O)c1ccc(C)cc1. The van der Waals surface area contributed by atoms with E-state index < -0.39 is 28.5 Å². The Morgan fingerprint density at radius 1 is 0.891 bits per heavy atom. The van der Waals surface area contributed by atoms with Gasteiger partial charge in [-0.05, 0) is 66.9 Å². The Kier molecular flexibility index (Phi) is 12.2. The number of rotatable bonds is 15. The zero-order valence-electron chi connectivity index (χ0n) is 26.4. The summed E-state index contributed by atoms with van der Waals surface area (Å²) in [6.45, 7) is 3.79. The molecule has 0 aliphatic carbocycles. The summed E-state index contributed by atoms with van der Waals surface area (Å²) in [5, 5.41) is 3.42. The minimum Gasteiger partial charge on any atom is -0.497 e. The molecule has 0 aromatic heterocycles. The minimum atomic E-state index is -4.20. The van der Waals surface area contributed by atoms with Crippen molar-refractivity contribution in [3.05, 3.63) is 125 Å². The summed E-state index contributed by atoms with van der Waals surface area (Å²) in [4.78, 5) is 29.9. The molecule has 8 nitrogen and oxygen atoms in total. The molecule has 0 aliphatic rings. The number of sulfonamides is 1. The number of aryl methyl sites for hydroxylation is 1. The van der Waals surface area contributed by atoms with Crippen molar-refractivity contribution in [3.63, 3.8) is 0 Å². The number of amides is 2. The second-order valence-electron chi connectivity index (χ2n) is 11.0. The van der Waals surface area contributed by atoms with Crippen molar-refractivity contribution in [2.75, 3.05) is 24.5 Å². The number of halogens is 1. The summed E-state index contributed by atoms with van der Waals surface area (Å²) in [5.74, 6) is -0.345. The monoisotopic (exact) mass is 661 g/mol. The van der Waals surface area contributed by atoms with Gasteiger partial charge in [-0.3, -0.25) is 13.9 Å². The summed E-state index contributed by atoms with van der Waals surface area (Å²) in [6, 6.07) is 28.5. The molecule has 4 aromatic carbocycles. The van der Waals surface area contributed by atoms with E-state index in [2.05, 4.69) is 5.32 Å². The maximum atomic E-state index is 14.5. The lowest BCUT2D eigenvalue weighted by molar-refractivity contribution is -0.140. The van der Waals surface area contributed by atoms with Gasteiger partial charge in [0.15, 0.2) is 0 Å². The van der Waals surface area contributed by atoms with E-state index in [0.717, 1.165) is 28.3 Å². The van der Waals surface area contributed by atoms with E-state index in [1.165, 1.54) is 24.1 Å². The van der Waals surface area contributed by atoms with E-state index >= 15 is 0 Å². The number of nitrogens with one attached hydrogen (secondary N) is 1. The molecule has 0 heterocycles. The zero-order chi connectivity index (χ0) is 33.1. The first kappa shape index (κ1) is 34.5. The third-order valence-electron chi connectivity index (χ3n) is 7.65. The van der Waals surface area contributed by atoms with Gasteiger partial charge >= 0.3 is 0 Å².